The number of nitrogen functional groups attached to an aromatic ring is 1. The van der Waals surface area contributed by atoms with Gasteiger partial charge in [-0.3, -0.25) is 4.79 Å². The lowest BCUT2D eigenvalue weighted by molar-refractivity contribution is 1.81. The van der Waals surface area contributed by atoms with Gasteiger partial charge in [0.1, 0.15) is 5.69 Å². The van der Waals surface area contributed by atoms with Crippen molar-refractivity contribution in [2.75, 3.05) is 5.73 Å². The first kappa shape index (κ1) is 4.80. The van der Waals surface area contributed by atoms with E-state index in [0.29, 0.717) is 5.69 Å². The molecule has 2 N–H and O–H groups in total. The van der Waals surface area contributed by atoms with Crippen LogP contribution in [0.25, 0.3) is 0 Å². The monoisotopic (exact) mass is 133 g/mol. The van der Waals surface area contributed by atoms with Crippen LogP contribution in [0.2, 0.25) is 0 Å². The fourth-order valence-corrected chi connectivity index (χ4v) is 1.80. The molecule has 0 aliphatic rings. The summed E-state index contributed by atoms with van der Waals surface area (Å²) in [5.41, 5.74) is 5.52. The molecule has 0 aromatic carbocycles. The van der Waals surface area contributed by atoms with Crippen LogP contribution >= 0.6 is 20.7 Å². The third-order valence-electron chi connectivity index (χ3n) is 0.535. The first-order chi connectivity index (χ1) is 3.30. The van der Waals surface area contributed by atoms with Gasteiger partial charge in [0.15, 0.2) is 0 Å². The second-order valence-electron chi connectivity index (χ2n) is 1.04. The van der Waals surface area contributed by atoms with Crippen molar-refractivity contribution in [3.63, 3.8) is 0 Å². The quantitative estimate of drug-likeness (QED) is 0.531. The van der Waals surface area contributed by atoms with E-state index >= 15 is 0 Å². The van der Waals surface area contributed by atoms with Crippen molar-refractivity contribution in [1.82, 2.24) is 0 Å². The molecule has 1 heterocycles. The second-order valence-corrected chi connectivity index (χ2v) is 3.08. The SMILES string of the molecule is Nc1cssc1=O. The summed E-state index contributed by atoms with van der Waals surface area (Å²) in [4.78, 5) is 10.3. The van der Waals surface area contributed by atoms with E-state index in [4.69, 9.17) is 5.73 Å². The van der Waals surface area contributed by atoms with Crippen LogP contribution in [0.4, 0.5) is 5.69 Å². The largest absolute Gasteiger partial charge is 0.394 e. The highest BCUT2D eigenvalue weighted by atomic mass is 32.9. The van der Waals surface area contributed by atoms with E-state index in [2.05, 4.69) is 0 Å². The number of nitrogens with two attached hydrogens (primary N) is 1. The first-order valence-corrected chi connectivity index (χ1v) is 3.85. The van der Waals surface area contributed by atoms with E-state index in [1.165, 1.54) is 20.7 Å². The predicted molar refractivity (Wildman–Crippen MR) is 32.9 cm³/mol. The molecule has 0 bridgehead atoms. The molecule has 0 unspecified atom stereocenters. The van der Waals surface area contributed by atoms with Gasteiger partial charge in [0, 0.05) is 5.38 Å². The fourth-order valence-electron chi connectivity index (χ4n) is 0.216. The zero-order valence-corrected chi connectivity index (χ0v) is 5.01. The van der Waals surface area contributed by atoms with Gasteiger partial charge in [0.25, 0.3) is 4.74 Å². The summed E-state index contributed by atoms with van der Waals surface area (Å²) in [5, 5.41) is 1.65. The Hall–Kier alpha value is -0.350. The molecule has 0 aliphatic heterocycles. The lowest BCUT2D eigenvalue weighted by atomic mass is 10.7. The van der Waals surface area contributed by atoms with Gasteiger partial charge in [-0.05, 0) is 10.3 Å². The molecule has 0 spiro atoms. The summed E-state index contributed by atoms with van der Waals surface area (Å²) in [7, 11) is 2.54. The Morgan fingerprint density at radius 2 is 2.43 bits per heavy atom. The van der Waals surface area contributed by atoms with Crippen molar-refractivity contribution in [1.29, 1.82) is 0 Å². The van der Waals surface area contributed by atoms with E-state index < -0.39 is 0 Å². The molecular weight excluding hydrogens is 130 g/mol. The van der Waals surface area contributed by atoms with Gasteiger partial charge < -0.3 is 5.73 Å². The maximum atomic E-state index is 10.3. The minimum Gasteiger partial charge on any atom is -0.394 e. The molecular formula is C3H3NOS2. The minimum atomic E-state index is -0.0231. The molecule has 7 heavy (non-hydrogen) atoms. The van der Waals surface area contributed by atoms with Crippen LogP contribution in [-0.4, -0.2) is 0 Å². The van der Waals surface area contributed by atoms with Crippen LogP contribution in [0.5, 0.6) is 0 Å². The van der Waals surface area contributed by atoms with E-state index in [0.717, 1.165) is 0 Å². The Balaban J connectivity index is 3.39. The highest BCUT2D eigenvalue weighted by Crippen LogP contribution is 2.04. The number of hydrogen-bond donors (Lipinski definition) is 1. The molecule has 0 saturated heterocycles. The average molecular weight is 133 g/mol. The summed E-state index contributed by atoms with van der Waals surface area (Å²) in [6.07, 6.45) is 0. The zero-order chi connectivity index (χ0) is 5.28. The predicted octanol–water partition coefficient (Wildman–Crippen LogP) is 0.752. The normalized spacial score (nSPS) is 9.14. The molecule has 4 heteroatoms. The summed E-state index contributed by atoms with van der Waals surface area (Å²) in [6, 6.07) is 0. The summed E-state index contributed by atoms with van der Waals surface area (Å²) < 4.78 is -0.0231. The van der Waals surface area contributed by atoms with Crippen LogP contribution in [0, 0.1) is 0 Å². The van der Waals surface area contributed by atoms with Gasteiger partial charge in [-0.25, -0.2) is 0 Å². The van der Waals surface area contributed by atoms with Crippen LogP contribution in [0.15, 0.2) is 10.2 Å². The lowest BCUT2D eigenvalue weighted by Crippen LogP contribution is -1.96. The third kappa shape index (κ3) is 0.808. The van der Waals surface area contributed by atoms with Crippen molar-refractivity contribution in [2.24, 2.45) is 0 Å². The van der Waals surface area contributed by atoms with Gasteiger partial charge in [-0.15, -0.1) is 0 Å². The van der Waals surface area contributed by atoms with E-state index in [9.17, 15) is 4.79 Å². The Labute approximate surface area is 47.6 Å². The standard InChI is InChI=1S/C3H3NOS2/c4-2-1-6-7-3(2)5/h1H,4H2. The van der Waals surface area contributed by atoms with Gasteiger partial charge in [0.05, 0.1) is 0 Å². The second kappa shape index (κ2) is 1.63. The highest BCUT2D eigenvalue weighted by molar-refractivity contribution is 7.68. The summed E-state index contributed by atoms with van der Waals surface area (Å²) >= 11 is 0. The Bertz CT molecular complexity index is 201. The maximum Gasteiger partial charge on any atom is 0.265 e. The van der Waals surface area contributed by atoms with Gasteiger partial charge in [0.2, 0.25) is 0 Å². The molecule has 0 amide bonds. The van der Waals surface area contributed by atoms with Crippen LogP contribution in [0.3, 0.4) is 0 Å². The minimum absolute atomic E-state index is 0.0231. The Morgan fingerprint density at radius 1 is 1.71 bits per heavy atom. The Morgan fingerprint density at radius 3 is 2.57 bits per heavy atom. The number of anilines is 1. The van der Waals surface area contributed by atoms with Crippen LogP contribution in [0.1, 0.15) is 0 Å². The average Bonchev–Trinajstić information content (AvgIpc) is 1.91. The summed E-state index contributed by atoms with van der Waals surface area (Å²) in [6.45, 7) is 0. The van der Waals surface area contributed by atoms with E-state index in [-0.39, 0.29) is 4.74 Å². The molecule has 1 rings (SSSR count). The highest BCUT2D eigenvalue weighted by Gasteiger charge is 1.89. The molecule has 1 aromatic heterocycles. The Kier molecular flexibility index (Phi) is 1.12. The molecule has 0 aliphatic carbocycles. The van der Waals surface area contributed by atoms with Gasteiger partial charge in [-0.1, -0.05) is 10.3 Å². The van der Waals surface area contributed by atoms with Crippen molar-refractivity contribution in [3.05, 3.63) is 14.9 Å². The molecule has 38 valence electrons. The van der Waals surface area contributed by atoms with Crippen LogP contribution in [-0.2, 0) is 0 Å². The molecule has 0 atom stereocenters. The fraction of sp³-hybridized carbons (Fsp3) is 0. The topological polar surface area (TPSA) is 43.1 Å². The third-order valence-corrected chi connectivity index (χ3v) is 2.40. The maximum absolute atomic E-state index is 10.3. The van der Waals surface area contributed by atoms with E-state index in [1.54, 1.807) is 5.38 Å². The molecule has 0 saturated carbocycles. The molecule has 2 nitrogen and oxygen atoms in total. The van der Waals surface area contributed by atoms with Crippen molar-refractivity contribution in [3.8, 4) is 0 Å². The van der Waals surface area contributed by atoms with E-state index in [1.807, 2.05) is 0 Å². The molecule has 0 radical (unpaired) electrons. The van der Waals surface area contributed by atoms with Crippen LogP contribution < -0.4 is 10.5 Å². The molecule has 0 fully saturated rings. The first-order valence-electron chi connectivity index (χ1n) is 1.64. The smallest absolute Gasteiger partial charge is 0.265 e. The summed E-state index contributed by atoms with van der Waals surface area (Å²) in [5.74, 6) is 0. The zero-order valence-electron chi connectivity index (χ0n) is 3.38. The lowest BCUT2D eigenvalue weighted by Gasteiger charge is -1.67. The van der Waals surface area contributed by atoms with Gasteiger partial charge in [-0.2, -0.15) is 0 Å². The molecule has 1 aromatic rings. The van der Waals surface area contributed by atoms with Crippen molar-refractivity contribution < 1.29 is 0 Å². The number of hydrogen-bond acceptors (Lipinski definition) is 4. The number of rotatable bonds is 0. The van der Waals surface area contributed by atoms with Crippen molar-refractivity contribution in [2.45, 2.75) is 0 Å². The van der Waals surface area contributed by atoms with Gasteiger partial charge >= 0.3 is 0 Å². The van der Waals surface area contributed by atoms with Crippen molar-refractivity contribution >= 4 is 26.4 Å².